The monoisotopic (exact) mass is 138 g/mol. The molecule has 0 aromatic carbocycles. The van der Waals surface area contributed by atoms with Gasteiger partial charge in [-0.15, -0.1) is 0 Å². The number of hydrogen-bond donors (Lipinski definition) is 2. The van der Waals surface area contributed by atoms with Gasteiger partial charge < -0.3 is 19.7 Å². The average Bonchev–Trinajstić information content (AvgIpc) is 1.77. The van der Waals surface area contributed by atoms with Crippen LogP contribution in [0.3, 0.4) is 0 Å². The zero-order chi connectivity index (χ0) is 6.91. The fourth-order valence-electron chi connectivity index (χ4n) is 0.519. The Morgan fingerprint density at radius 1 is 1.56 bits per heavy atom. The van der Waals surface area contributed by atoms with Gasteiger partial charge in [0.15, 0.2) is 0 Å². The summed E-state index contributed by atoms with van der Waals surface area (Å²) in [5.74, 6) is 0. The van der Waals surface area contributed by atoms with Gasteiger partial charge in [-0.05, 0) is 0 Å². The van der Waals surface area contributed by atoms with Crippen LogP contribution in [0.1, 0.15) is 0 Å². The van der Waals surface area contributed by atoms with E-state index in [1.54, 1.807) is 0 Å². The van der Waals surface area contributed by atoms with Gasteiger partial charge in [-0.1, -0.05) is 0 Å². The second-order valence-electron chi connectivity index (χ2n) is 1.68. The number of aliphatic hydroxyl groups is 2. The first-order valence-corrected chi connectivity index (χ1v) is 2.48. The van der Waals surface area contributed by atoms with E-state index in [2.05, 4.69) is 9.47 Å². The molecule has 5 heteroatoms. The number of ether oxygens (including phenoxy) is 2. The van der Waals surface area contributed by atoms with Gasteiger partial charge in [0.1, 0.15) is 0 Å². The molecule has 2 unspecified atom stereocenters. The highest BCUT2D eigenvalue weighted by molar-refractivity contribution is 4.59. The van der Waals surface area contributed by atoms with Gasteiger partial charge in [0.25, 0.3) is 0 Å². The molecule has 0 radical (unpaired) electrons. The van der Waals surface area contributed by atoms with E-state index in [0.717, 1.165) is 0 Å². The summed E-state index contributed by atoms with van der Waals surface area (Å²) in [6.07, 6.45) is -1.88. The third kappa shape index (κ3) is 1.36. The first kappa shape index (κ1) is 6.88. The molecule has 1 heterocycles. The molecule has 4 nitrogen and oxygen atoms in total. The van der Waals surface area contributed by atoms with E-state index in [-0.39, 0.29) is 13.2 Å². The number of halogens is 1. The SMILES string of the molecule is OC1OCCOC1(O)F. The lowest BCUT2D eigenvalue weighted by Crippen LogP contribution is -2.47. The summed E-state index contributed by atoms with van der Waals surface area (Å²) in [5.41, 5.74) is 0. The second-order valence-corrected chi connectivity index (χ2v) is 1.68. The van der Waals surface area contributed by atoms with Crippen LogP contribution >= 0.6 is 0 Å². The highest BCUT2D eigenvalue weighted by atomic mass is 19.2. The molecule has 0 amide bonds. The number of aliphatic hydroxyl groups excluding tert-OH is 1. The predicted octanol–water partition coefficient (Wildman–Crippen LogP) is -1.03. The van der Waals surface area contributed by atoms with Crippen molar-refractivity contribution in [3.8, 4) is 0 Å². The Hall–Kier alpha value is -0.230. The molecule has 54 valence electrons. The Balaban J connectivity index is 2.49. The van der Waals surface area contributed by atoms with Crippen molar-refractivity contribution in [2.24, 2.45) is 0 Å². The Kier molecular flexibility index (Phi) is 1.67. The summed E-state index contributed by atoms with van der Waals surface area (Å²) in [4.78, 5) is 0. The largest absolute Gasteiger partial charge is 0.370 e. The van der Waals surface area contributed by atoms with Crippen LogP contribution in [0.2, 0.25) is 0 Å². The van der Waals surface area contributed by atoms with E-state index < -0.39 is 12.3 Å². The quantitative estimate of drug-likeness (QED) is 0.449. The van der Waals surface area contributed by atoms with Gasteiger partial charge in [0.05, 0.1) is 13.2 Å². The Morgan fingerprint density at radius 3 is 2.56 bits per heavy atom. The van der Waals surface area contributed by atoms with Crippen LogP contribution in [0.25, 0.3) is 0 Å². The lowest BCUT2D eigenvalue weighted by atomic mass is 10.5. The van der Waals surface area contributed by atoms with Crippen molar-refractivity contribution >= 4 is 0 Å². The normalized spacial score (nSPS) is 45.0. The molecule has 9 heavy (non-hydrogen) atoms. The summed E-state index contributed by atoms with van der Waals surface area (Å²) in [7, 11) is 0. The molecular weight excluding hydrogens is 131 g/mol. The van der Waals surface area contributed by atoms with Crippen molar-refractivity contribution in [3.63, 3.8) is 0 Å². The van der Waals surface area contributed by atoms with Crippen LogP contribution in [0.15, 0.2) is 0 Å². The van der Waals surface area contributed by atoms with Crippen LogP contribution in [-0.2, 0) is 9.47 Å². The van der Waals surface area contributed by atoms with Crippen molar-refractivity contribution in [3.05, 3.63) is 0 Å². The van der Waals surface area contributed by atoms with Gasteiger partial charge in [-0.25, -0.2) is 0 Å². The van der Waals surface area contributed by atoms with Crippen molar-refractivity contribution in [1.29, 1.82) is 0 Å². The summed E-state index contributed by atoms with van der Waals surface area (Å²) in [5, 5.41) is 16.8. The molecule has 2 N–H and O–H groups in total. The lowest BCUT2D eigenvalue weighted by molar-refractivity contribution is -0.414. The standard InChI is InChI=1S/C4H7FO4/c5-4(7)3(6)8-1-2-9-4/h3,6-7H,1-2H2. The van der Waals surface area contributed by atoms with Gasteiger partial charge in [-0.2, -0.15) is 4.39 Å². The molecule has 1 saturated heterocycles. The average molecular weight is 138 g/mol. The second kappa shape index (κ2) is 2.18. The maximum atomic E-state index is 12.2. The van der Waals surface area contributed by atoms with Crippen LogP contribution in [0.5, 0.6) is 0 Å². The van der Waals surface area contributed by atoms with Gasteiger partial charge in [0.2, 0.25) is 6.29 Å². The van der Waals surface area contributed by atoms with Crippen molar-refractivity contribution < 1.29 is 24.1 Å². The smallest absolute Gasteiger partial charge is 0.361 e. The van der Waals surface area contributed by atoms with Crippen LogP contribution in [0.4, 0.5) is 4.39 Å². The fourth-order valence-corrected chi connectivity index (χ4v) is 0.519. The molecule has 1 rings (SSSR count). The first-order chi connectivity index (χ1) is 4.13. The van der Waals surface area contributed by atoms with Gasteiger partial charge in [0, 0.05) is 0 Å². The van der Waals surface area contributed by atoms with E-state index in [1.165, 1.54) is 0 Å². The summed E-state index contributed by atoms with van der Waals surface area (Å²) < 4.78 is 20.6. The van der Waals surface area contributed by atoms with E-state index >= 15 is 0 Å². The van der Waals surface area contributed by atoms with E-state index in [9.17, 15) is 4.39 Å². The molecular formula is C4H7FO4. The van der Waals surface area contributed by atoms with Crippen molar-refractivity contribution in [1.82, 2.24) is 0 Å². The molecule has 0 bridgehead atoms. The first-order valence-electron chi connectivity index (χ1n) is 2.48. The Bertz CT molecular complexity index is 105. The molecule has 0 spiro atoms. The van der Waals surface area contributed by atoms with E-state index in [4.69, 9.17) is 10.2 Å². The summed E-state index contributed by atoms with van der Waals surface area (Å²) in [6.45, 7) is 0.0391. The van der Waals surface area contributed by atoms with E-state index in [0.29, 0.717) is 0 Å². The highest BCUT2D eigenvalue weighted by Crippen LogP contribution is 2.18. The van der Waals surface area contributed by atoms with Crippen LogP contribution in [0, 0.1) is 0 Å². The maximum Gasteiger partial charge on any atom is 0.370 e. The van der Waals surface area contributed by atoms with E-state index in [1.807, 2.05) is 0 Å². The summed E-state index contributed by atoms with van der Waals surface area (Å²) >= 11 is 0. The third-order valence-corrected chi connectivity index (χ3v) is 0.968. The van der Waals surface area contributed by atoms with Crippen molar-refractivity contribution in [2.45, 2.75) is 12.3 Å². The molecule has 0 saturated carbocycles. The minimum atomic E-state index is -3.03. The molecule has 0 aliphatic carbocycles. The Labute approximate surface area is 50.8 Å². The van der Waals surface area contributed by atoms with Crippen LogP contribution in [-0.4, -0.2) is 35.8 Å². The van der Waals surface area contributed by atoms with Crippen molar-refractivity contribution in [2.75, 3.05) is 13.2 Å². The molecule has 2 atom stereocenters. The maximum absolute atomic E-state index is 12.2. The zero-order valence-electron chi connectivity index (χ0n) is 4.58. The van der Waals surface area contributed by atoms with Gasteiger partial charge >= 0.3 is 6.04 Å². The minimum Gasteiger partial charge on any atom is -0.361 e. The number of rotatable bonds is 0. The molecule has 1 aliphatic rings. The zero-order valence-corrected chi connectivity index (χ0v) is 4.58. The third-order valence-electron chi connectivity index (χ3n) is 0.968. The predicted molar refractivity (Wildman–Crippen MR) is 24.0 cm³/mol. The topological polar surface area (TPSA) is 58.9 Å². The molecule has 1 aliphatic heterocycles. The van der Waals surface area contributed by atoms with Gasteiger partial charge in [-0.3, -0.25) is 0 Å². The summed E-state index contributed by atoms with van der Waals surface area (Å²) in [6, 6.07) is -3.03. The Morgan fingerprint density at radius 2 is 2.22 bits per heavy atom. The fraction of sp³-hybridized carbons (Fsp3) is 1.00. The van der Waals surface area contributed by atoms with Crippen LogP contribution < -0.4 is 0 Å². The lowest BCUT2D eigenvalue weighted by Gasteiger charge is -2.28. The number of hydrogen-bond acceptors (Lipinski definition) is 4. The highest BCUT2D eigenvalue weighted by Gasteiger charge is 2.41. The molecule has 0 aromatic heterocycles. The molecule has 0 aromatic rings. The minimum absolute atomic E-state index is 0.0515. The number of alkyl halides is 1. The molecule has 1 fully saturated rings.